The molecule has 1 N–H and O–H groups in total. The number of ketones is 2. The maximum Gasteiger partial charge on any atom is 0.179 e. The fourth-order valence-electron chi connectivity index (χ4n) is 1.80. The number of aryl methyl sites for hydroxylation is 1. The summed E-state index contributed by atoms with van der Waals surface area (Å²) in [5, 5.41) is 0. The van der Waals surface area contributed by atoms with Crippen LogP contribution in [-0.4, -0.2) is 16.6 Å². The van der Waals surface area contributed by atoms with Crippen LogP contribution in [0.15, 0.2) is 0 Å². The molecule has 0 aliphatic carbocycles. The Morgan fingerprint density at radius 1 is 1.07 bits per heavy atom. The van der Waals surface area contributed by atoms with Crippen LogP contribution in [0.5, 0.6) is 0 Å². The SMILES string of the molecule is CCC(=O)c1[nH]c(C)c(C(=O)CC)c1C. The molecular weight excluding hydrogens is 190 g/mol. The van der Waals surface area contributed by atoms with Gasteiger partial charge in [0.15, 0.2) is 11.6 Å². The van der Waals surface area contributed by atoms with Crippen molar-refractivity contribution in [2.24, 2.45) is 0 Å². The molecule has 0 atom stereocenters. The largest absolute Gasteiger partial charge is 0.355 e. The molecule has 0 aliphatic heterocycles. The van der Waals surface area contributed by atoms with Crippen LogP contribution in [0.2, 0.25) is 0 Å². The van der Waals surface area contributed by atoms with E-state index in [1.54, 1.807) is 0 Å². The van der Waals surface area contributed by atoms with E-state index in [9.17, 15) is 9.59 Å². The van der Waals surface area contributed by atoms with Gasteiger partial charge in [0, 0.05) is 24.1 Å². The van der Waals surface area contributed by atoms with Crippen molar-refractivity contribution < 1.29 is 9.59 Å². The van der Waals surface area contributed by atoms with Crippen LogP contribution >= 0.6 is 0 Å². The average Bonchev–Trinajstić information content (AvgIpc) is 2.52. The maximum atomic E-state index is 11.6. The summed E-state index contributed by atoms with van der Waals surface area (Å²) in [7, 11) is 0. The highest BCUT2D eigenvalue weighted by Gasteiger charge is 2.19. The first-order valence-corrected chi connectivity index (χ1v) is 5.28. The van der Waals surface area contributed by atoms with Crippen molar-refractivity contribution in [2.45, 2.75) is 40.5 Å². The number of rotatable bonds is 4. The standard InChI is InChI=1S/C12H17NO2/c1-5-9(14)11-7(3)12(10(15)6-2)13-8(11)4/h13H,5-6H2,1-4H3. The zero-order chi connectivity index (χ0) is 11.6. The lowest BCUT2D eigenvalue weighted by atomic mass is 10.0. The predicted octanol–water partition coefficient (Wildman–Crippen LogP) is 2.82. The number of aromatic amines is 1. The van der Waals surface area contributed by atoms with E-state index in [-0.39, 0.29) is 11.6 Å². The first kappa shape index (κ1) is 11.7. The van der Waals surface area contributed by atoms with Crippen LogP contribution < -0.4 is 0 Å². The zero-order valence-corrected chi connectivity index (χ0v) is 9.73. The van der Waals surface area contributed by atoms with E-state index in [2.05, 4.69) is 4.98 Å². The van der Waals surface area contributed by atoms with Crippen LogP contribution in [0.3, 0.4) is 0 Å². The summed E-state index contributed by atoms with van der Waals surface area (Å²) in [6.07, 6.45) is 0.930. The third kappa shape index (κ3) is 2.01. The lowest BCUT2D eigenvalue weighted by Gasteiger charge is -1.98. The van der Waals surface area contributed by atoms with E-state index in [4.69, 9.17) is 0 Å². The van der Waals surface area contributed by atoms with Gasteiger partial charge < -0.3 is 4.98 Å². The number of aromatic nitrogens is 1. The summed E-state index contributed by atoms with van der Waals surface area (Å²) in [5.41, 5.74) is 2.88. The van der Waals surface area contributed by atoms with Gasteiger partial charge >= 0.3 is 0 Å². The summed E-state index contributed by atoms with van der Waals surface area (Å²) >= 11 is 0. The van der Waals surface area contributed by atoms with E-state index in [1.165, 1.54) is 0 Å². The molecule has 15 heavy (non-hydrogen) atoms. The molecule has 0 radical (unpaired) electrons. The van der Waals surface area contributed by atoms with Crippen molar-refractivity contribution in [1.82, 2.24) is 4.98 Å². The minimum Gasteiger partial charge on any atom is -0.355 e. The molecule has 1 aromatic heterocycles. The average molecular weight is 207 g/mol. The summed E-state index contributed by atoms with van der Waals surface area (Å²) in [5.74, 6) is 0.155. The molecule has 3 nitrogen and oxygen atoms in total. The van der Waals surface area contributed by atoms with Gasteiger partial charge in [0.05, 0.1) is 5.69 Å². The van der Waals surface area contributed by atoms with Gasteiger partial charge in [0.2, 0.25) is 0 Å². The molecule has 82 valence electrons. The normalized spacial score (nSPS) is 10.4. The van der Waals surface area contributed by atoms with Crippen molar-refractivity contribution in [3.8, 4) is 0 Å². The van der Waals surface area contributed by atoms with Crippen molar-refractivity contribution in [2.75, 3.05) is 0 Å². The Morgan fingerprint density at radius 3 is 2.07 bits per heavy atom. The lowest BCUT2D eigenvalue weighted by Crippen LogP contribution is -2.02. The van der Waals surface area contributed by atoms with Gasteiger partial charge in [-0.25, -0.2) is 0 Å². The number of Topliss-reactive ketones (excluding diaryl/α,β-unsaturated/α-hetero) is 2. The Balaban J connectivity index is 3.26. The van der Waals surface area contributed by atoms with E-state index in [0.717, 1.165) is 11.3 Å². The quantitative estimate of drug-likeness (QED) is 0.772. The van der Waals surface area contributed by atoms with Gasteiger partial charge in [0.25, 0.3) is 0 Å². The molecule has 1 heterocycles. The van der Waals surface area contributed by atoms with Crippen molar-refractivity contribution in [3.05, 3.63) is 22.5 Å². The monoisotopic (exact) mass is 207 g/mol. The van der Waals surface area contributed by atoms with Gasteiger partial charge in [-0.3, -0.25) is 9.59 Å². The number of carbonyl (C=O) groups excluding carboxylic acids is 2. The highest BCUT2D eigenvalue weighted by molar-refractivity contribution is 6.03. The lowest BCUT2D eigenvalue weighted by molar-refractivity contribution is 0.0981. The Labute approximate surface area is 89.9 Å². The van der Waals surface area contributed by atoms with Crippen LogP contribution in [-0.2, 0) is 0 Å². The molecule has 1 aromatic rings. The molecule has 0 spiro atoms. The molecule has 1 rings (SSSR count). The second-order valence-corrected chi connectivity index (χ2v) is 3.68. The molecule has 0 aromatic carbocycles. The molecule has 0 unspecified atom stereocenters. The number of hydrogen-bond acceptors (Lipinski definition) is 2. The molecule has 3 heteroatoms. The molecule has 0 aliphatic rings. The van der Waals surface area contributed by atoms with Crippen LogP contribution in [0, 0.1) is 13.8 Å². The summed E-state index contributed by atoms with van der Waals surface area (Å²) in [6, 6.07) is 0. The van der Waals surface area contributed by atoms with Crippen LogP contribution in [0.4, 0.5) is 0 Å². The molecular formula is C12H17NO2. The third-order valence-corrected chi connectivity index (χ3v) is 2.64. The number of carbonyl (C=O) groups is 2. The number of H-pyrrole nitrogens is 1. The molecule has 0 fully saturated rings. The topological polar surface area (TPSA) is 49.9 Å². The van der Waals surface area contributed by atoms with Gasteiger partial charge in [-0.15, -0.1) is 0 Å². The van der Waals surface area contributed by atoms with E-state index >= 15 is 0 Å². The predicted molar refractivity (Wildman–Crippen MR) is 59.5 cm³/mol. The Bertz CT molecular complexity index is 402. The highest BCUT2D eigenvalue weighted by atomic mass is 16.1. The zero-order valence-electron chi connectivity index (χ0n) is 9.73. The highest BCUT2D eigenvalue weighted by Crippen LogP contribution is 2.20. The van der Waals surface area contributed by atoms with Gasteiger partial charge in [-0.2, -0.15) is 0 Å². The van der Waals surface area contributed by atoms with Crippen molar-refractivity contribution in [1.29, 1.82) is 0 Å². The van der Waals surface area contributed by atoms with Crippen molar-refractivity contribution in [3.63, 3.8) is 0 Å². The van der Waals surface area contributed by atoms with Crippen LogP contribution in [0.1, 0.15) is 58.8 Å². The first-order chi connectivity index (χ1) is 7.02. The smallest absolute Gasteiger partial charge is 0.179 e. The van der Waals surface area contributed by atoms with E-state index in [0.29, 0.717) is 24.1 Å². The number of nitrogens with one attached hydrogen (secondary N) is 1. The third-order valence-electron chi connectivity index (χ3n) is 2.64. The van der Waals surface area contributed by atoms with Gasteiger partial charge in [-0.05, 0) is 19.4 Å². The van der Waals surface area contributed by atoms with E-state index < -0.39 is 0 Å². The fourth-order valence-corrected chi connectivity index (χ4v) is 1.80. The second-order valence-electron chi connectivity index (χ2n) is 3.68. The summed E-state index contributed by atoms with van der Waals surface area (Å²) < 4.78 is 0. The summed E-state index contributed by atoms with van der Waals surface area (Å²) in [6.45, 7) is 7.31. The van der Waals surface area contributed by atoms with Gasteiger partial charge in [0.1, 0.15) is 0 Å². The first-order valence-electron chi connectivity index (χ1n) is 5.28. The van der Waals surface area contributed by atoms with Crippen LogP contribution in [0.25, 0.3) is 0 Å². The van der Waals surface area contributed by atoms with E-state index in [1.807, 2.05) is 27.7 Å². The molecule has 0 saturated carbocycles. The van der Waals surface area contributed by atoms with Crippen molar-refractivity contribution >= 4 is 11.6 Å². The minimum atomic E-state index is 0.0609. The molecule has 0 saturated heterocycles. The Morgan fingerprint density at radius 2 is 1.60 bits per heavy atom. The maximum absolute atomic E-state index is 11.6. The Hall–Kier alpha value is -1.38. The Kier molecular flexibility index (Phi) is 3.45. The number of hydrogen-bond donors (Lipinski definition) is 1. The van der Waals surface area contributed by atoms with Gasteiger partial charge in [-0.1, -0.05) is 13.8 Å². The minimum absolute atomic E-state index is 0.0609. The fraction of sp³-hybridized carbons (Fsp3) is 0.500. The second kappa shape index (κ2) is 4.43. The summed E-state index contributed by atoms with van der Waals surface area (Å²) in [4.78, 5) is 26.2. The molecule has 0 bridgehead atoms. The molecule has 0 amide bonds.